The fourth-order valence-electron chi connectivity index (χ4n) is 1.94. The molecule has 0 aromatic heterocycles. The molecule has 0 aliphatic rings. The average Bonchev–Trinajstić information content (AvgIpc) is 2.31. The highest BCUT2D eigenvalue weighted by molar-refractivity contribution is 5.69. The first kappa shape index (κ1) is 13.7. The first-order chi connectivity index (χ1) is 8.04. The highest BCUT2D eigenvalue weighted by Gasteiger charge is 2.10. The molecule has 1 aromatic carbocycles. The van der Waals surface area contributed by atoms with Crippen molar-refractivity contribution >= 4 is 5.97 Å². The van der Waals surface area contributed by atoms with Crippen LogP contribution in [-0.2, 0) is 16.0 Å². The van der Waals surface area contributed by atoms with Crippen molar-refractivity contribution in [3.63, 3.8) is 0 Å². The van der Waals surface area contributed by atoms with Gasteiger partial charge in [0, 0.05) is 12.5 Å². The normalized spacial score (nSPS) is 12.2. The summed E-state index contributed by atoms with van der Waals surface area (Å²) < 4.78 is 4.60. The quantitative estimate of drug-likeness (QED) is 0.795. The van der Waals surface area contributed by atoms with E-state index in [1.807, 2.05) is 6.07 Å². The average molecular weight is 235 g/mol. The lowest BCUT2D eigenvalue weighted by molar-refractivity contribution is -0.140. The predicted molar refractivity (Wildman–Crippen MR) is 68.8 cm³/mol. The Morgan fingerprint density at radius 3 is 2.47 bits per heavy atom. The van der Waals surface area contributed by atoms with Crippen LogP contribution in [-0.4, -0.2) is 19.1 Å². The van der Waals surface area contributed by atoms with E-state index in [2.05, 4.69) is 30.7 Å². The van der Waals surface area contributed by atoms with Gasteiger partial charge in [-0.05, 0) is 43.4 Å². The van der Waals surface area contributed by atoms with E-state index >= 15 is 0 Å². The Morgan fingerprint density at radius 2 is 1.94 bits per heavy atom. The number of nitrogens with two attached hydrogens (primary N) is 1. The molecule has 0 fully saturated rings. The van der Waals surface area contributed by atoms with Crippen molar-refractivity contribution in [3.05, 3.63) is 34.9 Å². The summed E-state index contributed by atoms with van der Waals surface area (Å²) in [6.45, 7) is 4.19. The summed E-state index contributed by atoms with van der Waals surface area (Å²) >= 11 is 0. The van der Waals surface area contributed by atoms with Crippen LogP contribution in [0.1, 0.15) is 29.5 Å². The predicted octanol–water partition coefficient (Wildman–Crippen LogP) is 2.13. The smallest absolute Gasteiger partial charge is 0.305 e. The standard InChI is InChI=1S/C14H21NO2/c1-10-5-4-6-11(2)13(10)9-12(15)7-8-14(16)17-3/h4-6,12H,7-9,15H2,1-3H3. The van der Waals surface area contributed by atoms with E-state index in [9.17, 15) is 4.79 Å². The maximum Gasteiger partial charge on any atom is 0.305 e. The molecule has 0 radical (unpaired) electrons. The molecule has 1 aromatic rings. The van der Waals surface area contributed by atoms with Gasteiger partial charge in [0.15, 0.2) is 0 Å². The second-order valence-corrected chi connectivity index (χ2v) is 4.45. The first-order valence-electron chi connectivity index (χ1n) is 5.92. The highest BCUT2D eigenvalue weighted by atomic mass is 16.5. The topological polar surface area (TPSA) is 52.3 Å². The van der Waals surface area contributed by atoms with Crippen LogP contribution >= 0.6 is 0 Å². The molecule has 0 aliphatic carbocycles. The van der Waals surface area contributed by atoms with Crippen molar-refractivity contribution in [1.82, 2.24) is 0 Å². The van der Waals surface area contributed by atoms with Gasteiger partial charge in [0.05, 0.1) is 7.11 Å². The van der Waals surface area contributed by atoms with E-state index in [0.717, 1.165) is 6.42 Å². The van der Waals surface area contributed by atoms with Crippen LogP contribution in [0.5, 0.6) is 0 Å². The Balaban J connectivity index is 2.56. The van der Waals surface area contributed by atoms with Gasteiger partial charge in [-0.2, -0.15) is 0 Å². The van der Waals surface area contributed by atoms with Gasteiger partial charge in [0.2, 0.25) is 0 Å². The molecule has 1 unspecified atom stereocenters. The summed E-state index contributed by atoms with van der Waals surface area (Å²) in [5.74, 6) is -0.193. The van der Waals surface area contributed by atoms with Crippen LogP contribution in [0.2, 0.25) is 0 Å². The zero-order valence-electron chi connectivity index (χ0n) is 10.8. The Hall–Kier alpha value is -1.35. The molecule has 94 valence electrons. The lowest BCUT2D eigenvalue weighted by Gasteiger charge is -2.15. The minimum Gasteiger partial charge on any atom is -0.469 e. The van der Waals surface area contributed by atoms with Crippen LogP contribution in [0.4, 0.5) is 0 Å². The maximum atomic E-state index is 11.0. The molecule has 0 aliphatic heterocycles. The molecule has 0 saturated carbocycles. The zero-order valence-corrected chi connectivity index (χ0v) is 10.8. The molecule has 0 bridgehead atoms. The third-order valence-corrected chi connectivity index (χ3v) is 3.06. The number of ether oxygens (including phenoxy) is 1. The van der Waals surface area contributed by atoms with E-state index < -0.39 is 0 Å². The van der Waals surface area contributed by atoms with Gasteiger partial charge < -0.3 is 10.5 Å². The zero-order chi connectivity index (χ0) is 12.8. The van der Waals surface area contributed by atoms with Crippen molar-refractivity contribution in [3.8, 4) is 0 Å². The minimum atomic E-state index is -0.193. The number of carbonyl (C=O) groups is 1. The minimum absolute atomic E-state index is 0.00824. The second kappa shape index (κ2) is 6.40. The molecular formula is C14H21NO2. The Morgan fingerprint density at radius 1 is 1.35 bits per heavy atom. The number of hydrogen-bond acceptors (Lipinski definition) is 3. The molecule has 0 saturated heterocycles. The van der Waals surface area contributed by atoms with Crippen LogP contribution in [0, 0.1) is 13.8 Å². The Kier molecular flexibility index (Phi) is 5.16. The number of esters is 1. The van der Waals surface area contributed by atoms with E-state index in [1.165, 1.54) is 23.8 Å². The Bertz CT molecular complexity index is 368. The van der Waals surface area contributed by atoms with Gasteiger partial charge in [-0.15, -0.1) is 0 Å². The molecular weight excluding hydrogens is 214 g/mol. The fraction of sp³-hybridized carbons (Fsp3) is 0.500. The number of methoxy groups -OCH3 is 1. The van der Waals surface area contributed by atoms with Gasteiger partial charge in [-0.1, -0.05) is 18.2 Å². The largest absolute Gasteiger partial charge is 0.469 e. The second-order valence-electron chi connectivity index (χ2n) is 4.45. The van der Waals surface area contributed by atoms with Crippen LogP contribution < -0.4 is 5.73 Å². The molecule has 2 N–H and O–H groups in total. The lowest BCUT2D eigenvalue weighted by Crippen LogP contribution is -2.24. The molecule has 17 heavy (non-hydrogen) atoms. The lowest BCUT2D eigenvalue weighted by atomic mass is 9.95. The van der Waals surface area contributed by atoms with Gasteiger partial charge in [-0.25, -0.2) is 0 Å². The summed E-state index contributed by atoms with van der Waals surface area (Å²) in [6.07, 6.45) is 1.87. The van der Waals surface area contributed by atoms with Crippen molar-refractivity contribution < 1.29 is 9.53 Å². The summed E-state index contributed by atoms with van der Waals surface area (Å²) in [5.41, 5.74) is 9.86. The number of hydrogen-bond donors (Lipinski definition) is 1. The monoisotopic (exact) mass is 235 g/mol. The van der Waals surface area contributed by atoms with Gasteiger partial charge in [-0.3, -0.25) is 4.79 Å². The number of benzene rings is 1. The van der Waals surface area contributed by atoms with Crippen LogP contribution in [0.3, 0.4) is 0 Å². The maximum absolute atomic E-state index is 11.0. The number of aryl methyl sites for hydroxylation is 2. The Labute approximate surface area is 103 Å². The van der Waals surface area contributed by atoms with Crippen molar-refractivity contribution in [2.45, 2.75) is 39.2 Å². The van der Waals surface area contributed by atoms with E-state index in [1.54, 1.807) is 0 Å². The van der Waals surface area contributed by atoms with E-state index in [-0.39, 0.29) is 12.0 Å². The van der Waals surface area contributed by atoms with Crippen molar-refractivity contribution in [1.29, 1.82) is 0 Å². The summed E-state index contributed by atoms with van der Waals surface area (Å²) in [5, 5.41) is 0. The number of rotatable bonds is 5. The highest BCUT2D eigenvalue weighted by Crippen LogP contribution is 2.16. The summed E-state index contributed by atoms with van der Waals surface area (Å²) in [6, 6.07) is 6.24. The van der Waals surface area contributed by atoms with E-state index in [0.29, 0.717) is 12.8 Å². The van der Waals surface area contributed by atoms with E-state index in [4.69, 9.17) is 5.73 Å². The molecule has 0 spiro atoms. The molecule has 0 amide bonds. The first-order valence-corrected chi connectivity index (χ1v) is 5.92. The number of carbonyl (C=O) groups excluding carboxylic acids is 1. The van der Waals surface area contributed by atoms with Gasteiger partial charge in [0.25, 0.3) is 0 Å². The third-order valence-electron chi connectivity index (χ3n) is 3.06. The third kappa shape index (κ3) is 4.19. The molecule has 3 nitrogen and oxygen atoms in total. The SMILES string of the molecule is COC(=O)CCC(N)Cc1c(C)cccc1C. The molecule has 1 atom stereocenters. The van der Waals surface area contributed by atoms with Gasteiger partial charge >= 0.3 is 5.97 Å². The fourth-order valence-corrected chi connectivity index (χ4v) is 1.94. The summed E-state index contributed by atoms with van der Waals surface area (Å²) in [7, 11) is 1.40. The summed E-state index contributed by atoms with van der Waals surface area (Å²) in [4.78, 5) is 11.0. The van der Waals surface area contributed by atoms with Crippen molar-refractivity contribution in [2.24, 2.45) is 5.73 Å². The molecule has 0 heterocycles. The van der Waals surface area contributed by atoms with Crippen LogP contribution in [0.15, 0.2) is 18.2 Å². The molecule has 3 heteroatoms. The van der Waals surface area contributed by atoms with Crippen LogP contribution in [0.25, 0.3) is 0 Å². The van der Waals surface area contributed by atoms with Crippen molar-refractivity contribution in [2.75, 3.05) is 7.11 Å². The molecule has 1 rings (SSSR count). The van der Waals surface area contributed by atoms with Gasteiger partial charge in [0.1, 0.15) is 0 Å².